The number of rotatable bonds is 6. The van der Waals surface area contributed by atoms with Crippen molar-refractivity contribution in [1.29, 1.82) is 0 Å². The SMILES string of the molecule is CN(c1ccc(-c2csc(NC(=O)C3CC(=O)N(c4ccccc4F)C3)n2)cc1)S(C)(=O)=O. The van der Waals surface area contributed by atoms with Crippen molar-refractivity contribution in [3.63, 3.8) is 0 Å². The lowest BCUT2D eigenvalue weighted by atomic mass is 10.1. The fourth-order valence-electron chi connectivity index (χ4n) is 3.49. The van der Waals surface area contributed by atoms with Gasteiger partial charge >= 0.3 is 0 Å². The number of nitrogens with zero attached hydrogens (tertiary/aromatic N) is 3. The van der Waals surface area contributed by atoms with Gasteiger partial charge < -0.3 is 10.2 Å². The maximum atomic E-state index is 14.0. The lowest BCUT2D eigenvalue weighted by Gasteiger charge is -2.17. The van der Waals surface area contributed by atoms with Crippen molar-refractivity contribution in [3.8, 4) is 11.3 Å². The fraction of sp³-hybridized carbons (Fsp3) is 0.227. The van der Waals surface area contributed by atoms with Crippen molar-refractivity contribution in [2.45, 2.75) is 6.42 Å². The van der Waals surface area contributed by atoms with E-state index in [9.17, 15) is 22.4 Å². The maximum absolute atomic E-state index is 14.0. The molecule has 11 heteroatoms. The average molecular weight is 489 g/mol. The van der Waals surface area contributed by atoms with E-state index in [-0.39, 0.29) is 30.5 Å². The summed E-state index contributed by atoms with van der Waals surface area (Å²) in [5, 5.41) is 4.89. The Hall–Kier alpha value is -3.31. The van der Waals surface area contributed by atoms with Crippen LogP contribution in [-0.4, -0.2) is 45.1 Å². The molecule has 172 valence electrons. The number of para-hydroxylation sites is 1. The van der Waals surface area contributed by atoms with Crippen molar-refractivity contribution in [2.24, 2.45) is 5.92 Å². The van der Waals surface area contributed by atoms with Crippen LogP contribution in [0.2, 0.25) is 0 Å². The smallest absolute Gasteiger partial charge is 0.231 e. The van der Waals surface area contributed by atoms with E-state index < -0.39 is 21.8 Å². The molecule has 2 aromatic carbocycles. The number of sulfonamides is 1. The standard InChI is InChI=1S/C22H21FN4O4S2/c1-26(33(2,30)31)16-9-7-14(8-10-16)18-13-32-22(24-18)25-21(29)15-11-20(28)27(12-15)19-6-4-3-5-17(19)23/h3-10,13,15H,11-12H2,1-2H3,(H,24,25,29). The van der Waals surface area contributed by atoms with Gasteiger partial charge in [-0.1, -0.05) is 24.3 Å². The molecule has 0 saturated carbocycles. The third-order valence-corrected chi connectivity index (χ3v) is 7.36. The van der Waals surface area contributed by atoms with Gasteiger partial charge in [-0.2, -0.15) is 0 Å². The highest BCUT2D eigenvalue weighted by Gasteiger charge is 2.36. The zero-order chi connectivity index (χ0) is 23.8. The van der Waals surface area contributed by atoms with Crippen molar-refractivity contribution < 1.29 is 22.4 Å². The van der Waals surface area contributed by atoms with Crippen LogP contribution in [0.5, 0.6) is 0 Å². The Morgan fingerprint density at radius 3 is 2.58 bits per heavy atom. The van der Waals surface area contributed by atoms with Gasteiger partial charge in [-0.15, -0.1) is 11.3 Å². The third kappa shape index (κ3) is 4.88. The van der Waals surface area contributed by atoms with Crippen LogP contribution in [0.4, 0.5) is 20.9 Å². The Morgan fingerprint density at radius 1 is 1.21 bits per heavy atom. The van der Waals surface area contributed by atoms with Crippen LogP contribution in [0, 0.1) is 11.7 Å². The molecule has 1 unspecified atom stereocenters. The number of carbonyl (C=O) groups excluding carboxylic acids is 2. The number of anilines is 3. The Morgan fingerprint density at radius 2 is 1.91 bits per heavy atom. The molecule has 3 aromatic rings. The summed E-state index contributed by atoms with van der Waals surface area (Å²) < 4.78 is 38.6. The maximum Gasteiger partial charge on any atom is 0.231 e. The van der Waals surface area contributed by atoms with Gasteiger partial charge in [0.1, 0.15) is 5.82 Å². The molecule has 2 amide bonds. The van der Waals surface area contributed by atoms with Crippen LogP contribution < -0.4 is 14.5 Å². The zero-order valence-electron chi connectivity index (χ0n) is 17.9. The van der Waals surface area contributed by atoms with E-state index in [0.29, 0.717) is 16.5 Å². The molecule has 0 spiro atoms. The van der Waals surface area contributed by atoms with Gasteiger partial charge in [0.2, 0.25) is 21.8 Å². The first-order valence-corrected chi connectivity index (χ1v) is 12.7. The zero-order valence-corrected chi connectivity index (χ0v) is 19.5. The number of aromatic nitrogens is 1. The van der Waals surface area contributed by atoms with Gasteiger partial charge in [-0.05, 0) is 24.3 Å². The topological polar surface area (TPSA) is 99.7 Å². The molecule has 0 radical (unpaired) electrons. The van der Waals surface area contributed by atoms with Crippen molar-refractivity contribution >= 4 is 49.7 Å². The summed E-state index contributed by atoms with van der Waals surface area (Å²) in [5.74, 6) is -1.78. The van der Waals surface area contributed by atoms with E-state index >= 15 is 0 Å². The quantitative estimate of drug-likeness (QED) is 0.574. The Labute approximate surface area is 194 Å². The summed E-state index contributed by atoms with van der Waals surface area (Å²) in [6.07, 6.45) is 1.12. The Kier molecular flexibility index (Phi) is 6.17. The molecule has 1 fully saturated rings. The highest BCUT2D eigenvalue weighted by molar-refractivity contribution is 7.92. The van der Waals surface area contributed by atoms with Gasteiger partial charge in [0, 0.05) is 31.0 Å². The van der Waals surface area contributed by atoms with Crippen LogP contribution >= 0.6 is 11.3 Å². The first-order valence-electron chi connectivity index (χ1n) is 9.99. The number of amides is 2. The molecule has 1 aliphatic rings. The highest BCUT2D eigenvalue weighted by atomic mass is 32.2. The van der Waals surface area contributed by atoms with Crippen LogP contribution in [0.15, 0.2) is 53.9 Å². The van der Waals surface area contributed by atoms with E-state index in [0.717, 1.165) is 11.8 Å². The number of hydrogen-bond acceptors (Lipinski definition) is 6. The van der Waals surface area contributed by atoms with Gasteiger partial charge in [0.25, 0.3) is 0 Å². The summed E-state index contributed by atoms with van der Waals surface area (Å²) in [4.78, 5) is 30.8. The lowest BCUT2D eigenvalue weighted by molar-refractivity contribution is -0.122. The van der Waals surface area contributed by atoms with Crippen molar-refractivity contribution in [2.75, 3.05) is 34.4 Å². The number of nitrogens with one attached hydrogen (secondary N) is 1. The van der Waals surface area contributed by atoms with Gasteiger partial charge in [0.15, 0.2) is 5.13 Å². The molecule has 1 saturated heterocycles. The molecule has 1 aromatic heterocycles. The minimum absolute atomic E-state index is 0.00623. The number of hydrogen-bond donors (Lipinski definition) is 1. The van der Waals surface area contributed by atoms with E-state index in [2.05, 4.69) is 10.3 Å². The van der Waals surface area contributed by atoms with Gasteiger partial charge in [0.05, 0.1) is 29.2 Å². The van der Waals surface area contributed by atoms with E-state index in [1.54, 1.807) is 41.8 Å². The summed E-state index contributed by atoms with van der Waals surface area (Å²) in [6.45, 7) is 0.0964. The van der Waals surface area contributed by atoms with Crippen LogP contribution in [0.3, 0.4) is 0 Å². The lowest BCUT2D eigenvalue weighted by Crippen LogP contribution is -2.28. The van der Waals surface area contributed by atoms with E-state index in [1.165, 1.54) is 39.7 Å². The summed E-state index contributed by atoms with van der Waals surface area (Å²) in [6, 6.07) is 12.8. The first kappa shape index (κ1) is 22.9. The molecule has 33 heavy (non-hydrogen) atoms. The number of halogens is 1. The van der Waals surface area contributed by atoms with Crippen molar-refractivity contribution in [3.05, 3.63) is 59.7 Å². The average Bonchev–Trinajstić information content (AvgIpc) is 3.40. The van der Waals surface area contributed by atoms with Gasteiger partial charge in [-0.3, -0.25) is 13.9 Å². The summed E-state index contributed by atoms with van der Waals surface area (Å²) in [5.41, 5.74) is 2.08. The minimum Gasteiger partial charge on any atom is -0.309 e. The molecule has 4 rings (SSSR count). The van der Waals surface area contributed by atoms with Crippen LogP contribution in [0.1, 0.15) is 6.42 Å². The molecular formula is C22H21FN4O4S2. The second-order valence-electron chi connectivity index (χ2n) is 7.66. The highest BCUT2D eigenvalue weighted by Crippen LogP contribution is 2.30. The molecule has 8 nitrogen and oxygen atoms in total. The second-order valence-corrected chi connectivity index (χ2v) is 10.5. The Bertz CT molecular complexity index is 1310. The molecule has 2 heterocycles. The molecule has 0 aliphatic carbocycles. The Balaban J connectivity index is 1.42. The van der Waals surface area contributed by atoms with E-state index in [1.807, 2.05) is 0 Å². The molecule has 1 aliphatic heterocycles. The predicted octanol–water partition coefficient (Wildman–Crippen LogP) is 3.34. The first-order chi connectivity index (χ1) is 15.6. The predicted molar refractivity (Wildman–Crippen MR) is 126 cm³/mol. The molecular weight excluding hydrogens is 467 g/mol. The van der Waals surface area contributed by atoms with Crippen LogP contribution in [0.25, 0.3) is 11.3 Å². The minimum atomic E-state index is -3.35. The molecule has 1 atom stereocenters. The second kappa shape index (κ2) is 8.91. The largest absolute Gasteiger partial charge is 0.309 e. The van der Waals surface area contributed by atoms with E-state index in [4.69, 9.17) is 0 Å². The molecule has 0 bridgehead atoms. The third-order valence-electron chi connectivity index (χ3n) is 5.40. The van der Waals surface area contributed by atoms with Crippen LogP contribution in [-0.2, 0) is 19.6 Å². The molecule has 1 N–H and O–H groups in total. The summed E-state index contributed by atoms with van der Waals surface area (Å²) >= 11 is 1.24. The number of carbonyl (C=O) groups is 2. The normalized spacial score (nSPS) is 16.2. The van der Waals surface area contributed by atoms with Gasteiger partial charge in [-0.25, -0.2) is 17.8 Å². The number of thiazole rings is 1. The monoisotopic (exact) mass is 488 g/mol. The summed E-state index contributed by atoms with van der Waals surface area (Å²) in [7, 11) is -1.88. The number of benzene rings is 2. The van der Waals surface area contributed by atoms with Crippen molar-refractivity contribution in [1.82, 2.24) is 4.98 Å². The fourth-order valence-corrected chi connectivity index (χ4v) is 4.72.